The molecular formula is C101H108ClN15O8. The molecule has 642 valence electrons. The molecule has 24 heteroatoms. The van der Waals surface area contributed by atoms with Crippen molar-refractivity contribution in [2.45, 2.75) is 125 Å². The van der Waals surface area contributed by atoms with Gasteiger partial charge >= 0.3 is 0 Å². The lowest BCUT2D eigenvalue weighted by molar-refractivity contribution is -0.138. The highest BCUT2D eigenvalue weighted by Crippen LogP contribution is 2.49. The zero-order valence-electron chi connectivity index (χ0n) is 71.2. The van der Waals surface area contributed by atoms with E-state index < -0.39 is 22.2 Å². The van der Waals surface area contributed by atoms with E-state index in [-0.39, 0.29) is 71.8 Å². The molecule has 23 nitrogen and oxygen atoms in total. The number of aliphatic imine (C=N–C) groups is 4. The number of benzene rings is 9. The second-order valence-corrected chi connectivity index (χ2v) is 33.8. The van der Waals surface area contributed by atoms with Crippen LogP contribution in [0.4, 0.5) is 0 Å². The van der Waals surface area contributed by atoms with Crippen LogP contribution in [-0.2, 0) is 57.4 Å². The van der Waals surface area contributed by atoms with Gasteiger partial charge in [0, 0.05) is 70.7 Å². The molecule has 18 rings (SSSR count). The van der Waals surface area contributed by atoms with Gasteiger partial charge in [-0.2, -0.15) is 0 Å². The van der Waals surface area contributed by atoms with Crippen molar-refractivity contribution >= 4 is 70.9 Å². The highest BCUT2D eigenvalue weighted by atomic mass is 35.5. The highest BCUT2D eigenvalue weighted by Gasteiger charge is 2.56. The van der Waals surface area contributed by atoms with Gasteiger partial charge in [0.25, 0.3) is 29.5 Å². The van der Waals surface area contributed by atoms with Crippen LogP contribution in [0.5, 0.6) is 5.75 Å². The fraction of sp³-hybridized carbons (Fsp3) is 0.317. The van der Waals surface area contributed by atoms with Crippen LogP contribution in [0.1, 0.15) is 145 Å². The van der Waals surface area contributed by atoms with Gasteiger partial charge in [-0.1, -0.05) is 262 Å². The lowest BCUT2D eigenvalue weighted by Gasteiger charge is -2.36. The summed E-state index contributed by atoms with van der Waals surface area (Å²) < 4.78 is 10.6. The fourth-order valence-electron chi connectivity index (χ4n) is 19.1. The van der Waals surface area contributed by atoms with Crippen LogP contribution >= 0.6 is 11.6 Å². The van der Waals surface area contributed by atoms with E-state index in [1.807, 2.05) is 248 Å². The van der Waals surface area contributed by atoms with E-state index in [0.717, 1.165) is 144 Å². The van der Waals surface area contributed by atoms with Gasteiger partial charge in [0.1, 0.15) is 5.75 Å². The van der Waals surface area contributed by atoms with E-state index in [1.54, 1.807) is 51.7 Å². The zero-order chi connectivity index (χ0) is 87.4. The molecule has 2 unspecified atom stereocenters. The maximum absolute atomic E-state index is 14.0. The number of likely N-dealkylation sites (N-methyl/N-ethyl adjacent to an activating group) is 2. The third-order valence-corrected chi connectivity index (χ3v) is 26.0. The number of ether oxygens (including phenoxy) is 2. The minimum atomic E-state index is -1.27. The molecular weight excluding hydrogens is 1590 g/mol. The van der Waals surface area contributed by atoms with Gasteiger partial charge in [-0.3, -0.25) is 53.4 Å². The number of hydrogen-bond acceptors (Lipinski definition) is 17. The van der Waals surface area contributed by atoms with Crippen LogP contribution in [0, 0.1) is 17.8 Å². The molecule has 8 N–H and O–H groups in total. The zero-order valence-corrected chi connectivity index (χ0v) is 72.0. The first-order chi connectivity index (χ1) is 60.7. The van der Waals surface area contributed by atoms with Gasteiger partial charge in [0.2, 0.25) is 5.91 Å². The standard InChI is InChI=1S/C29H36N4O2.C28H29N5O3.C23H21N3O2.C21H22ClN3O/c30-28-31-29(24-13-7-3-8-14-24,25-15-9-4-10-16-25)27(35)33(28)21-22-17-19-32(20-18-22)26(34)23-11-5-1-2-6-12-23;1-36-19-24-13-8-14-32(24)25(34)21-15-20(16-30-17-21)18-33-26(35)28(31-27(33)29,22-9-4-2-5-10-22)23-11-6-3-7-12-23;1-26-21(27)23(25-22(26)24,18-10-4-3-5-11-18)19-12-6-8-16(14-19)17-9-7-13-20(15-17)28-2;1-25-19(26)21(24-20(25)23,16-8-2-3-9-16)17-10-4-6-14(12-17)15-7-5-11-18(22)13-15/h3-4,7-10,13-16,22-23H,1-2,5-6,11-12,17-21H2,(H2,30,31);2-7,9-12,15-17,24H,8,13-14,18-19H2,1H3,(H2,29,31);3-15H,1-2H3,(H2,24,25);4-7,10-13,16H,2-3,8-9H2,1H3,(H2,23,24)/t;24-;;/m.1../s1. The van der Waals surface area contributed by atoms with Gasteiger partial charge in [-0.25, -0.2) is 20.0 Å². The first kappa shape index (κ1) is 86.8. The molecule has 2 aliphatic carbocycles. The monoisotopic (exact) mass is 1690 g/mol. The van der Waals surface area contributed by atoms with Gasteiger partial charge in [-0.15, -0.1) is 0 Å². The number of carbonyl (C=O) groups is 6. The third kappa shape index (κ3) is 17.5. The summed E-state index contributed by atoms with van der Waals surface area (Å²) in [5, 5.41) is 0.692. The quantitative estimate of drug-likeness (QED) is 0.0548. The first-order valence-corrected chi connectivity index (χ1v) is 43.6. The Balaban J connectivity index is 0.000000130. The molecule has 125 heavy (non-hydrogen) atoms. The Bertz CT molecular complexity index is 5590. The lowest BCUT2D eigenvalue weighted by Crippen LogP contribution is -2.48. The minimum absolute atomic E-state index is 0.0230. The van der Waals surface area contributed by atoms with Crippen molar-refractivity contribution in [1.82, 2.24) is 34.4 Å². The van der Waals surface area contributed by atoms with E-state index in [9.17, 15) is 28.8 Å². The number of halogens is 1. The number of rotatable bonds is 19. The van der Waals surface area contributed by atoms with Crippen molar-refractivity contribution < 1.29 is 38.2 Å². The summed E-state index contributed by atoms with van der Waals surface area (Å²) in [6.45, 7) is 3.43. The molecule has 0 bridgehead atoms. The van der Waals surface area contributed by atoms with E-state index in [0.29, 0.717) is 53.6 Å². The predicted molar refractivity (Wildman–Crippen MR) is 488 cm³/mol. The van der Waals surface area contributed by atoms with Gasteiger partial charge in [0.15, 0.2) is 46.0 Å². The molecule has 3 atom stereocenters. The molecule has 9 aromatic carbocycles. The summed E-state index contributed by atoms with van der Waals surface area (Å²) in [6, 6.07) is 81.2. The summed E-state index contributed by atoms with van der Waals surface area (Å²) in [6.07, 6.45) is 18.1. The largest absolute Gasteiger partial charge is 0.497 e. The Morgan fingerprint density at radius 2 is 0.880 bits per heavy atom. The third-order valence-electron chi connectivity index (χ3n) is 25.7. The number of hydrogen-bond donors (Lipinski definition) is 4. The summed E-state index contributed by atoms with van der Waals surface area (Å²) >= 11 is 6.15. The van der Waals surface area contributed by atoms with Crippen LogP contribution in [0.2, 0.25) is 5.02 Å². The first-order valence-electron chi connectivity index (χ1n) is 43.3. The second-order valence-electron chi connectivity index (χ2n) is 33.3. The van der Waals surface area contributed by atoms with Crippen LogP contribution in [-0.4, -0.2) is 161 Å². The summed E-state index contributed by atoms with van der Waals surface area (Å²) in [5.41, 5.74) is 31.2. The van der Waals surface area contributed by atoms with Crippen molar-refractivity contribution in [3.8, 4) is 28.0 Å². The van der Waals surface area contributed by atoms with Crippen molar-refractivity contribution in [2.24, 2.45) is 60.7 Å². The van der Waals surface area contributed by atoms with Gasteiger partial charge in [0.05, 0.1) is 31.9 Å². The number of nitrogens with zero attached hydrogens (tertiary/aromatic N) is 11. The lowest BCUT2D eigenvalue weighted by atomic mass is 9.76. The molecule has 7 heterocycles. The number of methoxy groups -OCH3 is 2. The Morgan fingerprint density at radius 3 is 1.38 bits per heavy atom. The summed E-state index contributed by atoms with van der Waals surface area (Å²) in [4.78, 5) is 114. The van der Waals surface area contributed by atoms with Crippen molar-refractivity contribution in [1.29, 1.82) is 0 Å². The summed E-state index contributed by atoms with van der Waals surface area (Å²) in [5.74, 6) is 2.12. The summed E-state index contributed by atoms with van der Waals surface area (Å²) in [7, 11) is 6.65. The Hall–Kier alpha value is -13.1. The molecule has 8 aliphatic rings. The average Bonchev–Trinajstić information content (AvgIpc) is 1.61. The highest BCUT2D eigenvalue weighted by molar-refractivity contribution is 6.30. The van der Waals surface area contributed by atoms with Crippen molar-refractivity contribution in [3.05, 3.63) is 322 Å². The molecule has 0 spiro atoms. The molecule has 6 aliphatic heterocycles. The van der Waals surface area contributed by atoms with Crippen LogP contribution in [0.15, 0.2) is 287 Å². The predicted octanol–water partition coefficient (Wildman–Crippen LogP) is 14.8. The molecule has 4 fully saturated rings. The fourth-order valence-corrected chi connectivity index (χ4v) is 19.3. The second kappa shape index (κ2) is 38.3. The normalized spacial score (nSPS) is 20.6. The molecule has 2 saturated heterocycles. The van der Waals surface area contributed by atoms with Gasteiger partial charge < -0.3 is 42.2 Å². The number of guanidine groups is 4. The Kier molecular flexibility index (Phi) is 26.6. The molecule has 2 saturated carbocycles. The number of likely N-dealkylation sites (tertiary alicyclic amines) is 2. The SMILES string of the molecule is CN1C(=O)C(c2cccc(-c3cccc(Cl)c3)c2)(C2CCCC2)N=C1N.COC[C@H]1CCCN1C(=O)c1cncc(CN2C(=O)C(c3ccccc3)(c3ccccc3)N=C2N)c1.COc1cccc(-c2cccc(C3(c4ccccc4)N=C(N)N(C)C3=O)c2)c1.NC1=NC(c2ccccc2)(c2ccccc2)C(=O)N1CC1CCN(C(=O)C2CCCCCC2)CC1. The van der Waals surface area contributed by atoms with E-state index in [4.69, 9.17) is 59.0 Å². The Morgan fingerprint density at radius 1 is 0.432 bits per heavy atom. The maximum Gasteiger partial charge on any atom is 0.266 e. The molecule has 1 aromatic heterocycles. The van der Waals surface area contributed by atoms with Crippen molar-refractivity contribution in [2.75, 3.05) is 61.1 Å². The van der Waals surface area contributed by atoms with Crippen LogP contribution in [0.3, 0.4) is 0 Å². The number of aromatic nitrogens is 1. The topological polar surface area (TPSA) is 307 Å². The number of pyridine rings is 1. The van der Waals surface area contributed by atoms with Crippen LogP contribution < -0.4 is 27.7 Å². The maximum atomic E-state index is 14.0. The average molecular weight is 1700 g/mol. The van der Waals surface area contributed by atoms with Gasteiger partial charge in [-0.05, 0) is 172 Å². The van der Waals surface area contributed by atoms with E-state index in [1.165, 1.54) is 40.4 Å². The minimum Gasteiger partial charge on any atom is -0.497 e. The molecule has 6 amide bonds. The smallest absolute Gasteiger partial charge is 0.266 e. The molecule has 10 aromatic rings. The van der Waals surface area contributed by atoms with E-state index in [2.05, 4.69) is 20.9 Å². The number of nitrogens with two attached hydrogens (primary N) is 4. The number of piperidine rings is 1. The number of amides is 6. The number of carbonyl (C=O) groups excluding carboxylic acids is 6. The Labute approximate surface area is 735 Å². The van der Waals surface area contributed by atoms with E-state index >= 15 is 0 Å². The van der Waals surface area contributed by atoms with Crippen LogP contribution in [0.25, 0.3) is 22.3 Å². The van der Waals surface area contributed by atoms with Crippen molar-refractivity contribution in [3.63, 3.8) is 0 Å². The molecule has 0 radical (unpaired) electrons.